The Kier molecular flexibility index (Phi) is 2.60. The molecule has 0 fully saturated rings. The first-order valence-electron chi connectivity index (χ1n) is 5.16. The second kappa shape index (κ2) is 3.94. The Bertz CT molecular complexity index is 539. The summed E-state index contributed by atoms with van der Waals surface area (Å²) in [4.78, 5) is 24.3. The fraction of sp³-hybridized carbons (Fsp3) is 0.364. The van der Waals surface area contributed by atoms with Crippen LogP contribution in [0, 0.1) is 18.3 Å². The lowest BCUT2D eigenvalue weighted by Crippen LogP contribution is -2.40. The molecule has 1 N–H and O–H groups in total. The number of carbonyl (C=O) groups is 2. The summed E-state index contributed by atoms with van der Waals surface area (Å²) in [5.41, 5.74) is 1.08. The van der Waals surface area contributed by atoms with E-state index in [1.54, 1.807) is 11.5 Å². The molecule has 1 aromatic rings. The van der Waals surface area contributed by atoms with Crippen molar-refractivity contribution < 1.29 is 14.7 Å². The summed E-state index contributed by atoms with van der Waals surface area (Å²) in [6.45, 7) is 2.68. The highest BCUT2D eigenvalue weighted by Crippen LogP contribution is 2.20. The number of carboxylic acid groups (broad SMARTS) is 1. The normalized spacial score (nSPS) is 14.4. The van der Waals surface area contributed by atoms with Crippen molar-refractivity contribution in [3.05, 3.63) is 23.0 Å². The molecule has 1 aliphatic heterocycles. The highest BCUT2D eigenvalue weighted by molar-refractivity contribution is 5.98. The van der Waals surface area contributed by atoms with E-state index >= 15 is 0 Å². The van der Waals surface area contributed by atoms with Crippen LogP contribution in [0.3, 0.4) is 0 Å². The molecule has 0 aromatic carbocycles. The molecule has 1 amide bonds. The molecule has 0 saturated heterocycles. The van der Waals surface area contributed by atoms with Crippen molar-refractivity contribution in [1.29, 1.82) is 5.26 Å². The van der Waals surface area contributed by atoms with Crippen LogP contribution in [-0.4, -0.2) is 39.5 Å². The van der Waals surface area contributed by atoms with Crippen LogP contribution in [0.1, 0.15) is 26.5 Å². The van der Waals surface area contributed by atoms with Crippen molar-refractivity contribution in [2.24, 2.45) is 0 Å². The first-order valence-corrected chi connectivity index (χ1v) is 5.16. The van der Waals surface area contributed by atoms with Crippen LogP contribution < -0.4 is 0 Å². The van der Waals surface area contributed by atoms with Crippen molar-refractivity contribution in [2.75, 3.05) is 13.1 Å². The van der Waals surface area contributed by atoms with Crippen molar-refractivity contribution >= 4 is 11.9 Å². The van der Waals surface area contributed by atoms with Gasteiger partial charge in [-0.25, -0.2) is 4.79 Å². The van der Waals surface area contributed by atoms with Crippen LogP contribution in [0.25, 0.3) is 0 Å². The van der Waals surface area contributed by atoms with Gasteiger partial charge in [0, 0.05) is 18.8 Å². The lowest BCUT2D eigenvalue weighted by molar-refractivity contribution is 0.0693. The molecule has 0 unspecified atom stereocenters. The first kappa shape index (κ1) is 11.2. The lowest BCUT2D eigenvalue weighted by atomic mass is 10.2. The topological polar surface area (TPSA) is 86.3 Å². The Labute approximate surface area is 97.7 Å². The molecule has 17 heavy (non-hydrogen) atoms. The summed E-state index contributed by atoms with van der Waals surface area (Å²) in [5.74, 6) is -1.32. The van der Waals surface area contributed by atoms with E-state index < -0.39 is 5.97 Å². The number of amides is 1. The van der Waals surface area contributed by atoms with E-state index in [0.717, 1.165) is 0 Å². The van der Waals surface area contributed by atoms with Crippen molar-refractivity contribution in [3.63, 3.8) is 0 Å². The van der Waals surface area contributed by atoms with Gasteiger partial charge in [0.05, 0.1) is 11.6 Å². The summed E-state index contributed by atoms with van der Waals surface area (Å²) < 4.78 is 1.69. The summed E-state index contributed by atoms with van der Waals surface area (Å²) >= 11 is 0. The van der Waals surface area contributed by atoms with Gasteiger partial charge < -0.3 is 14.6 Å². The van der Waals surface area contributed by atoms with E-state index in [0.29, 0.717) is 24.5 Å². The van der Waals surface area contributed by atoms with Gasteiger partial charge in [-0.1, -0.05) is 0 Å². The van der Waals surface area contributed by atoms with E-state index in [1.807, 2.05) is 6.07 Å². The fourth-order valence-electron chi connectivity index (χ4n) is 2.05. The van der Waals surface area contributed by atoms with Crippen molar-refractivity contribution in [2.45, 2.75) is 13.5 Å². The highest BCUT2D eigenvalue weighted by atomic mass is 16.4. The predicted molar refractivity (Wildman–Crippen MR) is 57.6 cm³/mol. The maximum atomic E-state index is 12.0. The molecule has 2 rings (SSSR count). The second-order valence-corrected chi connectivity index (χ2v) is 3.87. The van der Waals surface area contributed by atoms with Crippen LogP contribution >= 0.6 is 0 Å². The van der Waals surface area contributed by atoms with E-state index in [2.05, 4.69) is 0 Å². The second-order valence-electron chi connectivity index (χ2n) is 3.87. The molecule has 6 nitrogen and oxygen atoms in total. The van der Waals surface area contributed by atoms with Gasteiger partial charge in [-0.05, 0) is 13.0 Å². The average Bonchev–Trinajstić information content (AvgIpc) is 2.61. The number of carboxylic acids is 1. The zero-order chi connectivity index (χ0) is 12.6. The molecular weight excluding hydrogens is 222 g/mol. The lowest BCUT2D eigenvalue weighted by Gasteiger charge is -2.26. The Balaban J connectivity index is 2.45. The zero-order valence-corrected chi connectivity index (χ0v) is 9.30. The fourth-order valence-corrected chi connectivity index (χ4v) is 2.05. The highest BCUT2D eigenvalue weighted by Gasteiger charge is 2.28. The number of nitrogens with zero attached hydrogens (tertiary/aromatic N) is 3. The Morgan fingerprint density at radius 3 is 2.88 bits per heavy atom. The minimum absolute atomic E-state index is 0.0332. The number of hydrogen-bond acceptors (Lipinski definition) is 3. The number of rotatable bonds is 2. The predicted octanol–water partition coefficient (Wildman–Crippen LogP) is 0.474. The van der Waals surface area contributed by atoms with Gasteiger partial charge in [0.1, 0.15) is 12.2 Å². The zero-order valence-electron chi connectivity index (χ0n) is 9.30. The molecule has 0 radical (unpaired) electrons. The van der Waals surface area contributed by atoms with Gasteiger partial charge in [-0.3, -0.25) is 4.79 Å². The quantitative estimate of drug-likeness (QED) is 0.752. The summed E-state index contributed by atoms with van der Waals surface area (Å²) in [6.07, 6.45) is 0. The van der Waals surface area contributed by atoms with Gasteiger partial charge in [0.25, 0.3) is 5.91 Å². The first-order chi connectivity index (χ1) is 8.06. The minimum atomic E-state index is -1.04. The Hall–Kier alpha value is -2.29. The maximum Gasteiger partial charge on any atom is 0.337 e. The molecule has 0 spiro atoms. The number of aromatic carboxylic acids is 1. The van der Waals surface area contributed by atoms with Crippen molar-refractivity contribution in [3.8, 4) is 6.07 Å². The maximum absolute atomic E-state index is 12.0. The number of hydrogen-bond donors (Lipinski definition) is 1. The van der Waals surface area contributed by atoms with Crippen LogP contribution in [0.4, 0.5) is 0 Å². The monoisotopic (exact) mass is 233 g/mol. The molecule has 0 atom stereocenters. The number of nitriles is 1. The summed E-state index contributed by atoms with van der Waals surface area (Å²) in [5, 5.41) is 17.6. The number of aromatic nitrogens is 1. The molecular formula is C11H11N3O3. The van der Waals surface area contributed by atoms with Gasteiger partial charge in [-0.2, -0.15) is 5.26 Å². The molecule has 6 heteroatoms. The standard InChI is InChI=1S/C11H11N3O3/c1-7-8(11(16)17)6-9-10(15)13(3-2-12)4-5-14(7)9/h6H,3-5H2,1H3,(H,16,17). The largest absolute Gasteiger partial charge is 0.478 e. The van der Waals surface area contributed by atoms with Crippen LogP contribution in [0.15, 0.2) is 6.07 Å². The van der Waals surface area contributed by atoms with E-state index in [-0.39, 0.29) is 18.0 Å². The van der Waals surface area contributed by atoms with Crippen LogP contribution in [0.5, 0.6) is 0 Å². The average molecular weight is 233 g/mol. The molecule has 0 aliphatic carbocycles. The third kappa shape index (κ3) is 1.65. The smallest absolute Gasteiger partial charge is 0.337 e. The molecule has 1 aromatic heterocycles. The third-order valence-corrected chi connectivity index (χ3v) is 2.96. The third-order valence-electron chi connectivity index (χ3n) is 2.96. The van der Waals surface area contributed by atoms with Crippen molar-refractivity contribution in [1.82, 2.24) is 9.47 Å². The van der Waals surface area contributed by atoms with Gasteiger partial charge in [0.2, 0.25) is 0 Å². The molecule has 2 heterocycles. The van der Waals surface area contributed by atoms with Crippen LogP contribution in [-0.2, 0) is 6.54 Å². The summed E-state index contributed by atoms with van der Waals surface area (Å²) in [6, 6.07) is 3.30. The van der Waals surface area contributed by atoms with Crippen LogP contribution in [0.2, 0.25) is 0 Å². The number of fused-ring (bicyclic) bond motifs is 1. The van der Waals surface area contributed by atoms with Gasteiger partial charge in [0.15, 0.2) is 0 Å². The summed E-state index contributed by atoms with van der Waals surface area (Å²) in [7, 11) is 0. The minimum Gasteiger partial charge on any atom is -0.478 e. The molecule has 0 bridgehead atoms. The van der Waals surface area contributed by atoms with Gasteiger partial charge >= 0.3 is 5.97 Å². The molecule has 1 aliphatic rings. The van der Waals surface area contributed by atoms with E-state index in [9.17, 15) is 9.59 Å². The SMILES string of the molecule is Cc1c(C(=O)O)cc2n1CCN(CC#N)C2=O. The van der Waals surface area contributed by atoms with E-state index in [4.69, 9.17) is 10.4 Å². The number of carbonyl (C=O) groups excluding carboxylic acids is 1. The van der Waals surface area contributed by atoms with E-state index in [1.165, 1.54) is 11.0 Å². The molecule has 88 valence electrons. The molecule has 0 saturated carbocycles. The van der Waals surface area contributed by atoms with Gasteiger partial charge in [-0.15, -0.1) is 0 Å². The Morgan fingerprint density at radius 1 is 1.59 bits per heavy atom. The Morgan fingerprint density at radius 2 is 2.29 bits per heavy atom.